The molecule has 1 aromatic carbocycles. The van der Waals surface area contributed by atoms with E-state index < -0.39 is 6.04 Å². The number of fused-ring (bicyclic) bond motifs is 1. The first-order valence-corrected chi connectivity index (χ1v) is 7.02. The number of hydrogen-bond donors (Lipinski definition) is 3. The van der Waals surface area contributed by atoms with Crippen molar-refractivity contribution in [1.82, 2.24) is 20.5 Å². The first kappa shape index (κ1) is 13.6. The van der Waals surface area contributed by atoms with Crippen LogP contribution in [0.15, 0.2) is 30.5 Å². The molecule has 1 aliphatic heterocycles. The Labute approximate surface area is 122 Å². The molecule has 1 atom stereocenters. The first-order chi connectivity index (χ1) is 10.2. The van der Waals surface area contributed by atoms with E-state index in [0.717, 1.165) is 10.9 Å². The molecular formula is C15H18N4O2. The van der Waals surface area contributed by atoms with Crippen LogP contribution in [0, 0.1) is 0 Å². The molecule has 1 aromatic heterocycles. The lowest BCUT2D eigenvalue weighted by Gasteiger charge is -2.35. The lowest BCUT2D eigenvalue weighted by atomic mass is 10.1. The summed E-state index contributed by atoms with van der Waals surface area (Å²) in [6, 6.07) is 7.07. The van der Waals surface area contributed by atoms with E-state index in [4.69, 9.17) is 0 Å². The van der Waals surface area contributed by atoms with Gasteiger partial charge in [-0.3, -0.25) is 9.59 Å². The number of amides is 2. The number of nitrogens with zero attached hydrogens (tertiary/aromatic N) is 1. The largest absolute Gasteiger partial charge is 0.361 e. The molecular weight excluding hydrogens is 268 g/mol. The maximum Gasteiger partial charge on any atom is 0.256 e. The fraction of sp³-hybridized carbons (Fsp3) is 0.333. The van der Waals surface area contributed by atoms with Gasteiger partial charge in [0.2, 0.25) is 5.91 Å². The highest BCUT2D eigenvalue weighted by Gasteiger charge is 2.32. The second-order valence-corrected chi connectivity index (χ2v) is 5.08. The monoisotopic (exact) mass is 286 g/mol. The van der Waals surface area contributed by atoms with Gasteiger partial charge in [-0.2, -0.15) is 0 Å². The number of para-hydroxylation sites is 1. The van der Waals surface area contributed by atoms with Crippen LogP contribution in [0.25, 0.3) is 10.9 Å². The standard InChI is InChI=1S/C15H18N4O2/c1-16-14(20)12-9-17-7-8-19(12)15(21)11-4-2-3-10-5-6-18-13(10)11/h2-6,12,17-18H,7-9H2,1H3,(H,16,20). The summed E-state index contributed by atoms with van der Waals surface area (Å²) in [6.07, 6.45) is 1.81. The average Bonchev–Trinajstić information content (AvgIpc) is 3.02. The highest BCUT2D eigenvalue weighted by molar-refractivity contribution is 6.07. The van der Waals surface area contributed by atoms with Gasteiger partial charge in [-0.05, 0) is 12.1 Å². The Balaban J connectivity index is 1.96. The minimum absolute atomic E-state index is 0.113. The number of hydrogen-bond acceptors (Lipinski definition) is 3. The predicted molar refractivity (Wildman–Crippen MR) is 80.1 cm³/mol. The molecule has 1 saturated heterocycles. The van der Waals surface area contributed by atoms with Crippen molar-refractivity contribution >= 4 is 22.7 Å². The maximum absolute atomic E-state index is 12.8. The number of rotatable bonds is 2. The highest BCUT2D eigenvalue weighted by atomic mass is 16.2. The van der Waals surface area contributed by atoms with Crippen LogP contribution >= 0.6 is 0 Å². The number of H-pyrrole nitrogens is 1. The molecule has 3 rings (SSSR count). The molecule has 0 radical (unpaired) electrons. The third-order valence-electron chi connectivity index (χ3n) is 3.87. The number of carbonyl (C=O) groups excluding carboxylic acids is 2. The Kier molecular flexibility index (Phi) is 3.62. The van der Waals surface area contributed by atoms with Crippen LogP contribution in [0.5, 0.6) is 0 Å². The molecule has 21 heavy (non-hydrogen) atoms. The number of piperazine rings is 1. The highest BCUT2D eigenvalue weighted by Crippen LogP contribution is 2.20. The van der Waals surface area contributed by atoms with E-state index >= 15 is 0 Å². The fourth-order valence-electron chi connectivity index (χ4n) is 2.77. The van der Waals surface area contributed by atoms with Crippen molar-refractivity contribution in [2.45, 2.75) is 6.04 Å². The van der Waals surface area contributed by atoms with Gasteiger partial charge in [0.1, 0.15) is 6.04 Å². The van der Waals surface area contributed by atoms with Gasteiger partial charge in [0, 0.05) is 38.3 Å². The van der Waals surface area contributed by atoms with Gasteiger partial charge in [-0.1, -0.05) is 12.1 Å². The van der Waals surface area contributed by atoms with Crippen molar-refractivity contribution in [3.05, 3.63) is 36.0 Å². The summed E-state index contributed by atoms with van der Waals surface area (Å²) in [4.78, 5) is 29.6. The van der Waals surface area contributed by atoms with Crippen LogP contribution in [-0.2, 0) is 4.79 Å². The average molecular weight is 286 g/mol. The van der Waals surface area contributed by atoms with Crippen molar-refractivity contribution in [2.24, 2.45) is 0 Å². The number of aromatic amines is 1. The number of benzene rings is 1. The topological polar surface area (TPSA) is 77.2 Å². The quantitative estimate of drug-likeness (QED) is 0.744. The number of carbonyl (C=O) groups is 2. The molecule has 3 N–H and O–H groups in total. The summed E-state index contributed by atoms with van der Waals surface area (Å²) >= 11 is 0. The van der Waals surface area contributed by atoms with Crippen molar-refractivity contribution in [3.8, 4) is 0 Å². The summed E-state index contributed by atoms with van der Waals surface area (Å²) in [5.74, 6) is -0.257. The zero-order chi connectivity index (χ0) is 14.8. The molecule has 6 heteroatoms. The second-order valence-electron chi connectivity index (χ2n) is 5.08. The Morgan fingerprint density at radius 3 is 3.00 bits per heavy atom. The third kappa shape index (κ3) is 2.38. The molecule has 2 amide bonds. The van der Waals surface area contributed by atoms with Crippen LogP contribution in [0.3, 0.4) is 0 Å². The first-order valence-electron chi connectivity index (χ1n) is 7.02. The number of nitrogens with one attached hydrogen (secondary N) is 3. The Morgan fingerprint density at radius 1 is 1.33 bits per heavy atom. The van der Waals surface area contributed by atoms with E-state index in [9.17, 15) is 9.59 Å². The van der Waals surface area contributed by atoms with Gasteiger partial charge in [0.15, 0.2) is 0 Å². The number of likely N-dealkylation sites (N-methyl/N-ethyl adjacent to an activating group) is 1. The molecule has 0 bridgehead atoms. The lowest BCUT2D eigenvalue weighted by Crippen LogP contribution is -2.59. The Morgan fingerprint density at radius 2 is 2.19 bits per heavy atom. The van der Waals surface area contributed by atoms with Crippen molar-refractivity contribution < 1.29 is 9.59 Å². The molecule has 110 valence electrons. The molecule has 0 aliphatic carbocycles. The van der Waals surface area contributed by atoms with Crippen LogP contribution in [-0.4, -0.2) is 54.4 Å². The fourth-order valence-corrected chi connectivity index (χ4v) is 2.77. The van der Waals surface area contributed by atoms with Crippen molar-refractivity contribution in [2.75, 3.05) is 26.7 Å². The molecule has 1 fully saturated rings. The normalized spacial score (nSPS) is 18.7. The third-order valence-corrected chi connectivity index (χ3v) is 3.87. The van der Waals surface area contributed by atoms with Crippen LogP contribution in [0.1, 0.15) is 10.4 Å². The van der Waals surface area contributed by atoms with E-state index in [1.54, 1.807) is 18.0 Å². The minimum Gasteiger partial charge on any atom is -0.361 e. The number of aromatic nitrogens is 1. The summed E-state index contributed by atoms with van der Waals surface area (Å²) in [6.45, 7) is 1.69. The van der Waals surface area contributed by atoms with E-state index in [0.29, 0.717) is 25.2 Å². The van der Waals surface area contributed by atoms with Crippen molar-refractivity contribution in [1.29, 1.82) is 0 Å². The molecule has 6 nitrogen and oxygen atoms in total. The minimum atomic E-state index is -0.471. The lowest BCUT2D eigenvalue weighted by molar-refractivity contribution is -0.125. The summed E-state index contributed by atoms with van der Waals surface area (Å²) < 4.78 is 0. The smallest absolute Gasteiger partial charge is 0.256 e. The second kappa shape index (κ2) is 5.57. The summed E-state index contributed by atoms with van der Waals surface area (Å²) in [7, 11) is 1.59. The maximum atomic E-state index is 12.8. The summed E-state index contributed by atoms with van der Waals surface area (Å²) in [5, 5.41) is 6.77. The van der Waals surface area contributed by atoms with Gasteiger partial charge in [-0.15, -0.1) is 0 Å². The Hall–Kier alpha value is -2.34. The molecule has 2 aromatic rings. The Bertz CT molecular complexity index is 679. The summed E-state index contributed by atoms with van der Waals surface area (Å²) in [5.41, 5.74) is 1.42. The van der Waals surface area contributed by atoms with E-state index in [2.05, 4.69) is 15.6 Å². The van der Waals surface area contributed by atoms with Gasteiger partial charge in [0.25, 0.3) is 5.91 Å². The zero-order valence-electron chi connectivity index (χ0n) is 11.8. The van der Waals surface area contributed by atoms with Crippen molar-refractivity contribution in [3.63, 3.8) is 0 Å². The predicted octanol–water partition coefficient (Wildman–Crippen LogP) is 0.328. The van der Waals surface area contributed by atoms with E-state index in [1.807, 2.05) is 24.4 Å². The van der Waals surface area contributed by atoms with E-state index in [1.165, 1.54) is 0 Å². The van der Waals surface area contributed by atoms with Crippen LogP contribution in [0.4, 0.5) is 0 Å². The molecule has 2 heterocycles. The zero-order valence-corrected chi connectivity index (χ0v) is 11.8. The van der Waals surface area contributed by atoms with Crippen LogP contribution in [0.2, 0.25) is 0 Å². The molecule has 1 aliphatic rings. The van der Waals surface area contributed by atoms with Gasteiger partial charge in [0.05, 0.1) is 11.1 Å². The van der Waals surface area contributed by atoms with Gasteiger partial charge in [-0.25, -0.2) is 0 Å². The molecule has 1 unspecified atom stereocenters. The molecule has 0 spiro atoms. The van der Waals surface area contributed by atoms with Crippen LogP contribution < -0.4 is 10.6 Å². The SMILES string of the molecule is CNC(=O)C1CNCCN1C(=O)c1cccc2cc[nH]c12. The van der Waals surface area contributed by atoms with Gasteiger partial charge < -0.3 is 20.5 Å². The molecule has 0 saturated carbocycles. The van der Waals surface area contributed by atoms with Gasteiger partial charge >= 0.3 is 0 Å². The van der Waals surface area contributed by atoms with E-state index in [-0.39, 0.29) is 11.8 Å².